The summed E-state index contributed by atoms with van der Waals surface area (Å²) >= 11 is 0. The Labute approximate surface area is 264 Å². The van der Waals surface area contributed by atoms with Crippen LogP contribution in [0.3, 0.4) is 0 Å². The minimum Gasteiger partial charge on any atom is -0.494 e. The smallest absolute Gasteiger partial charge is 0.343 e. The van der Waals surface area contributed by atoms with Gasteiger partial charge in [-0.3, -0.25) is 9.59 Å². The van der Waals surface area contributed by atoms with Crippen molar-refractivity contribution in [1.29, 1.82) is 0 Å². The molecule has 0 radical (unpaired) electrons. The maximum atomic E-state index is 12.6. The van der Waals surface area contributed by atoms with Gasteiger partial charge < -0.3 is 23.7 Å². The van der Waals surface area contributed by atoms with Crippen molar-refractivity contribution in [3.63, 3.8) is 0 Å². The molecule has 0 fully saturated rings. The van der Waals surface area contributed by atoms with Gasteiger partial charge >= 0.3 is 23.9 Å². The molecule has 0 N–H and O–H groups in total. The average molecular weight is 619 g/mol. The van der Waals surface area contributed by atoms with Gasteiger partial charge in [-0.15, -0.1) is 0 Å². The number of benzene rings is 3. The molecular formula is C36H42O9. The largest absolute Gasteiger partial charge is 0.494 e. The number of carbonyl (C=O) groups is 4. The molecule has 3 aromatic carbocycles. The number of ether oxygens (including phenoxy) is 5. The second kappa shape index (κ2) is 18.9. The molecule has 0 aliphatic heterocycles. The zero-order chi connectivity index (χ0) is 32.4. The fraction of sp³-hybridized carbons (Fsp3) is 0.389. The van der Waals surface area contributed by atoms with E-state index < -0.39 is 5.97 Å². The Hall–Kier alpha value is -4.66. The van der Waals surface area contributed by atoms with Crippen molar-refractivity contribution in [2.75, 3.05) is 19.8 Å². The van der Waals surface area contributed by atoms with Crippen LogP contribution < -0.4 is 14.2 Å². The Morgan fingerprint density at radius 3 is 1.76 bits per heavy atom. The fourth-order valence-corrected chi connectivity index (χ4v) is 4.37. The van der Waals surface area contributed by atoms with Gasteiger partial charge in [0.2, 0.25) is 0 Å². The molecule has 0 aliphatic carbocycles. The SMILES string of the molecule is C=C(C)C(=O)OCCCCCC(=O)OCCCCCCCOc1ccc(C(=O)Oc2ccc3cc(OC(C)=O)ccc3c2)cc1. The van der Waals surface area contributed by atoms with Gasteiger partial charge in [0.15, 0.2) is 0 Å². The van der Waals surface area contributed by atoms with Gasteiger partial charge in [-0.25, -0.2) is 9.59 Å². The van der Waals surface area contributed by atoms with E-state index in [4.69, 9.17) is 23.7 Å². The molecule has 0 saturated heterocycles. The number of hydrogen-bond donors (Lipinski definition) is 0. The second-order valence-electron chi connectivity index (χ2n) is 10.7. The summed E-state index contributed by atoms with van der Waals surface area (Å²) in [4.78, 5) is 46.9. The molecule has 0 unspecified atom stereocenters. The van der Waals surface area contributed by atoms with Crippen molar-refractivity contribution in [3.8, 4) is 17.2 Å². The molecule has 0 bridgehead atoms. The molecule has 3 aromatic rings. The molecule has 45 heavy (non-hydrogen) atoms. The quantitative estimate of drug-likeness (QED) is 0.0582. The first-order chi connectivity index (χ1) is 21.7. The Morgan fingerprint density at radius 2 is 1.13 bits per heavy atom. The van der Waals surface area contributed by atoms with Crippen LogP contribution >= 0.6 is 0 Å². The van der Waals surface area contributed by atoms with Crippen molar-refractivity contribution in [1.82, 2.24) is 0 Å². The van der Waals surface area contributed by atoms with E-state index >= 15 is 0 Å². The summed E-state index contributed by atoms with van der Waals surface area (Å²) in [6, 6.07) is 17.3. The summed E-state index contributed by atoms with van der Waals surface area (Å²) in [5.74, 6) is 0.129. The lowest BCUT2D eigenvalue weighted by molar-refractivity contribution is -0.144. The van der Waals surface area contributed by atoms with Gasteiger partial charge in [-0.05, 0) is 98.3 Å². The van der Waals surface area contributed by atoms with E-state index in [1.807, 2.05) is 0 Å². The minimum atomic E-state index is -0.470. The molecular weight excluding hydrogens is 576 g/mol. The van der Waals surface area contributed by atoms with Gasteiger partial charge in [0.05, 0.1) is 25.4 Å². The number of rotatable bonds is 19. The van der Waals surface area contributed by atoms with E-state index in [1.165, 1.54) is 6.92 Å². The second-order valence-corrected chi connectivity index (χ2v) is 10.7. The lowest BCUT2D eigenvalue weighted by atomic mass is 10.1. The first kappa shape index (κ1) is 34.8. The molecule has 0 saturated carbocycles. The summed E-state index contributed by atoms with van der Waals surface area (Å²) in [7, 11) is 0. The van der Waals surface area contributed by atoms with Crippen LogP contribution in [0, 0.1) is 0 Å². The predicted octanol–water partition coefficient (Wildman–Crippen LogP) is 7.54. The summed E-state index contributed by atoms with van der Waals surface area (Å²) in [6.07, 6.45) is 7.34. The first-order valence-corrected chi connectivity index (χ1v) is 15.4. The molecule has 0 heterocycles. The number of hydrogen-bond acceptors (Lipinski definition) is 9. The lowest BCUT2D eigenvalue weighted by Gasteiger charge is -2.09. The summed E-state index contributed by atoms with van der Waals surface area (Å²) in [6.45, 7) is 7.83. The topological polar surface area (TPSA) is 114 Å². The van der Waals surface area contributed by atoms with E-state index in [0.29, 0.717) is 67.5 Å². The van der Waals surface area contributed by atoms with E-state index in [2.05, 4.69) is 6.58 Å². The zero-order valence-electron chi connectivity index (χ0n) is 26.1. The van der Waals surface area contributed by atoms with Crippen LogP contribution in [0.2, 0.25) is 0 Å². The van der Waals surface area contributed by atoms with Gasteiger partial charge in [0, 0.05) is 18.9 Å². The normalized spacial score (nSPS) is 10.6. The molecule has 0 spiro atoms. The Kier molecular flexibility index (Phi) is 14.6. The van der Waals surface area contributed by atoms with Crippen LogP contribution in [0.1, 0.15) is 82.0 Å². The van der Waals surface area contributed by atoms with Crippen molar-refractivity contribution in [2.45, 2.75) is 71.6 Å². The minimum absolute atomic E-state index is 0.187. The fourth-order valence-electron chi connectivity index (χ4n) is 4.37. The maximum Gasteiger partial charge on any atom is 0.343 e. The van der Waals surface area contributed by atoms with Gasteiger partial charge in [0.1, 0.15) is 17.2 Å². The molecule has 0 aliphatic rings. The zero-order valence-corrected chi connectivity index (χ0v) is 26.1. The summed E-state index contributed by atoms with van der Waals surface area (Å²) < 4.78 is 26.8. The van der Waals surface area contributed by atoms with Crippen molar-refractivity contribution in [3.05, 3.63) is 78.4 Å². The van der Waals surface area contributed by atoms with E-state index in [-0.39, 0.29) is 17.9 Å². The summed E-state index contributed by atoms with van der Waals surface area (Å²) in [5.41, 5.74) is 0.797. The molecule has 0 atom stereocenters. The maximum absolute atomic E-state index is 12.6. The Balaban J connectivity index is 1.22. The highest BCUT2D eigenvalue weighted by Gasteiger charge is 2.10. The average Bonchev–Trinajstić information content (AvgIpc) is 3.01. The lowest BCUT2D eigenvalue weighted by Crippen LogP contribution is -2.08. The predicted molar refractivity (Wildman–Crippen MR) is 170 cm³/mol. The summed E-state index contributed by atoms with van der Waals surface area (Å²) in [5, 5.41) is 1.71. The molecule has 3 rings (SSSR count). The monoisotopic (exact) mass is 618 g/mol. The number of esters is 4. The Bertz CT molecular complexity index is 1440. The molecule has 9 heteroatoms. The van der Waals surface area contributed by atoms with E-state index in [0.717, 1.165) is 49.3 Å². The third-order valence-corrected chi connectivity index (χ3v) is 6.77. The first-order valence-electron chi connectivity index (χ1n) is 15.4. The highest BCUT2D eigenvalue weighted by Crippen LogP contribution is 2.26. The van der Waals surface area contributed by atoms with Gasteiger partial charge in [-0.1, -0.05) is 38.0 Å². The van der Waals surface area contributed by atoms with E-state index in [1.54, 1.807) is 67.6 Å². The standard InChI is InChI=1S/C36H42O9/c1-26(2)35(39)43-23-11-7-8-12-34(38)42-22-10-6-4-5-9-21-41-31-17-13-28(14-18-31)36(40)45-33-20-16-29-24-32(44-27(3)37)19-15-30(29)25-33/h13-20,24-25H,1,4-12,21-23H2,2-3H3. The highest BCUT2D eigenvalue weighted by atomic mass is 16.5. The molecule has 9 nitrogen and oxygen atoms in total. The number of unbranched alkanes of at least 4 members (excludes halogenated alkanes) is 6. The highest BCUT2D eigenvalue weighted by molar-refractivity contribution is 5.92. The van der Waals surface area contributed by atoms with Crippen LogP contribution in [0.4, 0.5) is 0 Å². The van der Waals surface area contributed by atoms with Crippen LogP contribution in [-0.4, -0.2) is 43.7 Å². The third-order valence-electron chi connectivity index (χ3n) is 6.77. The van der Waals surface area contributed by atoms with Crippen LogP contribution in [-0.2, 0) is 23.9 Å². The molecule has 0 aromatic heterocycles. The van der Waals surface area contributed by atoms with E-state index in [9.17, 15) is 19.2 Å². The number of carbonyl (C=O) groups excluding carboxylic acids is 4. The van der Waals surface area contributed by atoms with Gasteiger partial charge in [-0.2, -0.15) is 0 Å². The molecule has 240 valence electrons. The third kappa shape index (κ3) is 13.3. The number of fused-ring (bicyclic) bond motifs is 1. The van der Waals surface area contributed by atoms with Crippen LogP contribution in [0.5, 0.6) is 17.2 Å². The Morgan fingerprint density at radius 1 is 0.600 bits per heavy atom. The van der Waals surface area contributed by atoms with Crippen LogP contribution in [0.25, 0.3) is 10.8 Å². The van der Waals surface area contributed by atoms with Crippen LogP contribution in [0.15, 0.2) is 72.8 Å². The van der Waals surface area contributed by atoms with Crippen molar-refractivity contribution >= 4 is 34.6 Å². The van der Waals surface area contributed by atoms with Crippen molar-refractivity contribution in [2.24, 2.45) is 0 Å². The van der Waals surface area contributed by atoms with Crippen molar-refractivity contribution < 1.29 is 42.9 Å². The molecule has 0 amide bonds. The van der Waals surface area contributed by atoms with Gasteiger partial charge in [0.25, 0.3) is 0 Å².